The van der Waals surface area contributed by atoms with Gasteiger partial charge in [0.2, 0.25) is 0 Å². The molecule has 1 aliphatic carbocycles. The molecule has 6 heteroatoms. The number of hydrogen-bond donors (Lipinski definition) is 0. The number of nitrogens with zero attached hydrogens (tertiary/aromatic N) is 4. The monoisotopic (exact) mass is 254 g/mol. The molecule has 0 fully saturated rings. The fourth-order valence-electron chi connectivity index (χ4n) is 2.12. The molecule has 84 valence electrons. The lowest BCUT2D eigenvalue weighted by molar-refractivity contribution is 0.624. The Morgan fingerprint density at radius 3 is 3.06 bits per heavy atom. The third-order valence-electron chi connectivity index (χ3n) is 2.94. The Labute approximate surface area is 102 Å². The third-order valence-corrected chi connectivity index (χ3v) is 3.92. The van der Waals surface area contributed by atoms with E-state index in [1.807, 2.05) is 6.33 Å². The molecule has 0 atom stereocenters. The van der Waals surface area contributed by atoms with Crippen molar-refractivity contribution in [1.82, 2.24) is 19.1 Å². The summed E-state index contributed by atoms with van der Waals surface area (Å²) in [6.07, 6.45) is 6.62. The van der Waals surface area contributed by atoms with Crippen molar-refractivity contribution in [3.05, 3.63) is 27.7 Å². The minimum absolute atomic E-state index is 0.679. The van der Waals surface area contributed by atoms with E-state index in [0.717, 1.165) is 18.5 Å². The summed E-state index contributed by atoms with van der Waals surface area (Å²) in [5, 5.41) is 4.03. The zero-order valence-electron chi connectivity index (χ0n) is 8.69. The van der Waals surface area contributed by atoms with Crippen LogP contribution in [0.5, 0.6) is 0 Å². The number of imidazole rings is 1. The van der Waals surface area contributed by atoms with Gasteiger partial charge in [0, 0.05) is 17.2 Å². The standard InChI is InChI=1S/C10H11ClN4S/c11-10-8(13-14-16-10)5-15-6-12-7-3-1-2-4-9(7)15/h6H,1-5H2. The van der Waals surface area contributed by atoms with Crippen molar-refractivity contribution in [3.8, 4) is 0 Å². The van der Waals surface area contributed by atoms with E-state index in [-0.39, 0.29) is 0 Å². The van der Waals surface area contributed by atoms with E-state index in [2.05, 4.69) is 19.1 Å². The summed E-state index contributed by atoms with van der Waals surface area (Å²) in [5.41, 5.74) is 3.43. The number of aromatic nitrogens is 4. The summed E-state index contributed by atoms with van der Waals surface area (Å²) in [6, 6.07) is 0. The lowest BCUT2D eigenvalue weighted by Gasteiger charge is -2.13. The molecule has 16 heavy (non-hydrogen) atoms. The maximum absolute atomic E-state index is 6.00. The molecule has 0 aromatic carbocycles. The molecule has 0 N–H and O–H groups in total. The summed E-state index contributed by atoms with van der Waals surface area (Å²) in [5.74, 6) is 0. The van der Waals surface area contributed by atoms with Crippen LogP contribution in [0, 0.1) is 0 Å². The average Bonchev–Trinajstić information content (AvgIpc) is 2.88. The second kappa shape index (κ2) is 4.14. The van der Waals surface area contributed by atoms with Crippen LogP contribution in [0.2, 0.25) is 4.34 Å². The van der Waals surface area contributed by atoms with Gasteiger partial charge < -0.3 is 4.57 Å². The minimum Gasteiger partial charge on any atom is -0.328 e. The van der Waals surface area contributed by atoms with Crippen LogP contribution >= 0.6 is 23.1 Å². The van der Waals surface area contributed by atoms with Gasteiger partial charge in [-0.3, -0.25) is 0 Å². The smallest absolute Gasteiger partial charge is 0.139 e. The van der Waals surface area contributed by atoms with Gasteiger partial charge in [-0.15, -0.1) is 5.10 Å². The highest BCUT2D eigenvalue weighted by molar-refractivity contribution is 7.10. The number of aryl methyl sites for hydroxylation is 1. The molecule has 2 aromatic heterocycles. The number of fused-ring (bicyclic) bond motifs is 1. The second-order valence-corrected chi connectivity index (χ2v) is 5.32. The van der Waals surface area contributed by atoms with Gasteiger partial charge in [-0.2, -0.15) is 0 Å². The molecule has 0 amide bonds. The van der Waals surface area contributed by atoms with E-state index < -0.39 is 0 Å². The van der Waals surface area contributed by atoms with E-state index in [4.69, 9.17) is 11.6 Å². The fraction of sp³-hybridized carbons (Fsp3) is 0.500. The first-order chi connectivity index (χ1) is 7.84. The van der Waals surface area contributed by atoms with Gasteiger partial charge in [0.25, 0.3) is 0 Å². The lowest BCUT2D eigenvalue weighted by Crippen LogP contribution is -2.09. The lowest BCUT2D eigenvalue weighted by atomic mass is 10.0. The Balaban J connectivity index is 1.90. The number of halogens is 1. The molecule has 0 aliphatic heterocycles. The van der Waals surface area contributed by atoms with Gasteiger partial charge >= 0.3 is 0 Å². The topological polar surface area (TPSA) is 43.6 Å². The molecule has 4 nitrogen and oxygen atoms in total. The summed E-state index contributed by atoms with van der Waals surface area (Å²) in [6.45, 7) is 0.692. The number of hydrogen-bond acceptors (Lipinski definition) is 4. The molecule has 0 bridgehead atoms. The van der Waals surface area contributed by atoms with Gasteiger partial charge in [-0.05, 0) is 25.7 Å². The van der Waals surface area contributed by atoms with Crippen molar-refractivity contribution in [2.75, 3.05) is 0 Å². The Bertz CT molecular complexity index is 505. The number of rotatable bonds is 2. The van der Waals surface area contributed by atoms with E-state index in [1.54, 1.807) is 0 Å². The molecule has 2 heterocycles. The van der Waals surface area contributed by atoms with Crippen LogP contribution in [-0.4, -0.2) is 19.1 Å². The van der Waals surface area contributed by atoms with Crippen LogP contribution in [0.3, 0.4) is 0 Å². The van der Waals surface area contributed by atoms with Crippen molar-refractivity contribution >= 4 is 23.1 Å². The summed E-state index contributed by atoms with van der Waals surface area (Å²) < 4.78 is 6.67. The molecule has 0 saturated carbocycles. The van der Waals surface area contributed by atoms with Crippen LogP contribution in [0.4, 0.5) is 0 Å². The van der Waals surface area contributed by atoms with Crippen molar-refractivity contribution < 1.29 is 0 Å². The SMILES string of the molecule is Clc1snnc1Cn1cnc2c1CCCC2. The Kier molecular flexibility index (Phi) is 2.65. The summed E-state index contributed by atoms with van der Waals surface area (Å²) in [7, 11) is 0. The van der Waals surface area contributed by atoms with Crippen molar-refractivity contribution in [3.63, 3.8) is 0 Å². The minimum atomic E-state index is 0.679. The molecule has 1 aliphatic rings. The molecular formula is C10H11ClN4S. The molecule has 2 aromatic rings. The highest BCUT2D eigenvalue weighted by Gasteiger charge is 2.16. The molecule has 0 unspecified atom stereocenters. The first-order valence-corrected chi connectivity index (χ1v) is 6.49. The second-order valence-electron chi connectivity index (χ2n) is 3.97. The Morgan fingerprint density at radius 2 is 2.25 bits per heavy atom. The Hall–Kier alpha value is -0.940. The van der Waals surface area contributed by atoms with Gasteiger partial charge in [0.15, 0.2) is 0 Å². The quantitative estimate of drug-likeness (QED) is 0.826. The van der Waals surface area contributed by atoms with Crippen molar-refractivity contribution in [2.24, 2.45) is 0 Å². The summed E-state index contributed by atoms with van der Waals surface area (Å²) >= 11 is 7.23. The van der Waals surface area contributed by atoms with Crippen molar-refractivity contribution in [2.45, 2.75) is 32.2 Å². The zero-order chi connectivity index (χ0) is 11.0. The van der Waals surface area contributed by atoms with Crippen molar-refractivity contribution in [1.29, 1.82) is 0 Å². The molecule has 0 spiro atoms. The van der Waals surface area contributed by atoms with Crippen LogP contribution < -0.4 is 0 Å². The predicted molar refractivity (Wildman–Crippen MR) is 62.9 cm³/mol. The van der Waals surface area contributed by atoms with E-state index in [0.29, 0.717) is 10.9 Å². The van der Waals surface area contributed by atoms with E-state index in [1.165, 1.54) is 35.8 Å². The first kappa shape index (κ1) is 10.2. The van der Waals surface area contributed by atoms with Gasteiger partial charge in [-0.1, -0.05) is 16.1 Å². The van der Waals surface area contributed by atoms with E-state index >= 15 is 0 Å². The van der Waals surface area contributed by atoms with E-state index in [9.17, 15) is 0 Å². The maximum atomic E-state index is 6.00. The highest BCUT2D eigenvalue weighted by Crippen LogP contribution is 2.23. The van der Waals surface area contributed by atoms with Crippen LogP contribution in [0.15, 0.2) is 6.33 Å². The van der Waals surface area contributed by atoms with Crippen LogP contribution in [0.1, 0.15) is 29.9 Å². The van der Waals surface area contributed by atoms with Crippen LogP contribution in [-0.2, 0) is 19.4 Å². The summed E-state index contributed by atoms with van der Waals surface area (Å²) in [4.78, 5) is 4.44. The zero-order valence-corrected chi connectivity index (χ0v) is 10.3. The van der Waals surface area contributed by atoms with Gasteiger partial charge in [0.1, 0.15) is 10.0 Å². The highest BCUT2D eigenvalue weighted by atomic mass is 35.5. The predicted octanol–water partition coefficient (Wildman–Crippen LogP) is 2.32. The van der Waals surface area contributed by atoms with Crippen LogP contribution in [0.25, 0.3) is 0 Å². The molecule has 3 rings (SSSR count). The third kappa shape index (κ3) is 1.74. The van der Waals surface area contributed by atoms with Gasteiger partial charge in [-0.25, -0.2) is 4.98 Å². The van der Waals surface area contributed by atoms with Gasteiger partial charge in [0.05, 0.1) is 18.6 Å². The first-order valence-electron chi connectivity index (χ1n) is 5.34. The Morgan fingerprint density at radius 1 is 1.38 bits per heavy atom. The molecular weight excluding hydrogens is 244 g/mol. The molecule has 0 radical (unpaired) electrons. The maximum Gasteiger partial charge on any atom is 0.139 e. The molecule has 0 saturated heterocycles. The largest absolute Gasteiger partial charge is 0.328 e. The fourth-order valence-corrected chi connectivity index (χ4v) is 2.73. The average molecular weight is 255 g/mol. The normalized spacial score (nSPS) is 15.1.